The van der Waals surface area contributed by atoms with Gasteiger partial charge in [-0.3, -0.25) is 0 Å². The van der Waals surface area contributed by atoms with E-state index in [1.54, 1.807) is 0 Å². The third-order valence-corrected chi connectivity index (χ3v) is 5.13. The summed E-state index contributed by atoms with van der Waals surface area (Å²) in [5.74, 6) is 0.232. The molecule has 0 radical (unpaired) electrons. The monoisotopic (exact) mass is 263 g/mol. The Morgan fingerprint density at radius 1 is 1.24 bits per heavy atom. The summed E-state index contributed by atoms with van der Waals surface area (Å²) >= 11 is 0. The van der Waals surface area contributed by atoms with Gasteiger partial charge in [-0.05, 0) is 12.8 Å². The molecule has 100 valence electrons. The number of hydrogen-bond acceptors (Lipinski definition) is 4. The van der Waals surface area contributed by atoms with Crippen molar-refractivity contribution in [2.45, 2.75) is 31.8 Å². The van der Waals surface area contributed by atoms with Crippen LogP contribution in [0.1, 0.15) is 25.7 Å². The molecular weight excluding hydrogens is 242 g/mol. The summed E-state index contributed by atoms with van der Waals surface area (Å²) in [6.07, 6.45) is 3.20. The molecule has 5 nitrogen and oxygen atoms in total. The largest absolute Gasteiger partial charge is 0.748 e. The first-order valence-corrected chi connectivity index (χ1v) is 7.95. The summed E-state index contributed by atoms with van der Waals surface area (Å²) in [7, 11) is -4.06. The number of rotatable bonds is 5. The lowest BCUT2D eigenvalue weighted by Gasteiger charge is -2.51. The van der Waals surface area contributed by atoms with Crippen molar-refractivity contribution in [2.24, 2.45) is 5.92 Å². The van der Waals surface area contributed by atoms with Gasteiger partial charge < -0.3 is 14.1 Å². The molecular formula is C11H21NO4S. The van der Waals surface area contributed by atoms with Gasteiger partial charge in [0.15, 0.2) is 0 Å². The van der Waals surface area contributed by atoms with E-state index in [4.69, 9.17) is 0 Å². The van der Waals surface area contributed by atoms with E-state index < -0.39 is 10.1 Å². The Kier molecular flexibility index (Phi) is 3.77. The van der Waals surface area contributed by atoms with Crippen LogP contribution in [0, 0.1) is 5.92 Å². The molecule has 0 aromatic heterocycles. The Hall–Kier alpha value is -0.170. The summed E-state index contributed by atoms with van der Waals surface area (Å²) in [6.45, 7) is 3.92. The molecule has 3 saturated heterocycles. The van der Waals surface area contributed by atoms with Crippen LogP contribution in [0.25, 0.3) is 0 Å². The summed E-state index contributed by atoms with van der Waals surface area (Å²) in [4.78, 5) is 0. The van der Waals surface area contributed by atoms with Gasteiger partial charge in [0.05, 0.1) is 29.8 Å². The van der Waals surface area contributed by atoms with E-state index in [0.717, 1.165) is 49.9 Å². The Morgan fingerprint density at radius 2 is 1.88 bits per heavy atom. The highest BCUT2D eigenvalue weighted by atomic mass is 32.2. The average Bonchev–Trinajstić information content (AvgIpc) is 2.25. The smallest absolute Gasteiger partial charge is 0.106 e. The molecule has 0 amide bonds. The van der Waals surface area contributed by atoms with Crippen molar-refractivity contribution in [3.63, 3.8) is 0 Å². The molecule has 1 N–H and O–H groups in total. The highest BCUT2D eigenvalue weighted by molar-refractivity contribution is 7.85. The molecule has 17 heavy (non-hydrogen) atoms. The fourth-order valence-electron chi connectivity index (χ4n) is 3.29. The van der Waals surface area contributed by atoms with Crippen LogP contribution in [0.3, 0.4) is 0 Å². The summed E-state index contributed by atoms with van der Waals surface area (Å²) in [6, 6.07) is 0. The predicted molar refractivity (Wildman–Crippen MR) is 62.3 cm³/mol. The maximum atomic E-state index is 10.5. The van der Waals surface area contributed by atoms with E-state index in [9.17, 15) is 18.1 Å². The molecule has 3 heterocycles. The normalized spacial score (nSPS) is 37.3. The van der Waals surface area contributed by atoms with E-state index in [-0.39, 0.29) is 11.9 Å². The second kappa shape index (κ2) is 4.84. The second-order valence-electron chi connectivity index (χ2n) is 5.57. The average molecular weight is 263 g/mol. The van der Waals surface area contributed by atoms with Crippen LogP contribution >= 0.6 is 0 Å². The van der Waals surface area contributed by atoms with Gasteiger partial charge in [-0.25, -0.2) is 8.42 Å². The molecule has 3 aliphatic heterocycles. The third kappa shape index (κ3) is 3.40. The number of fused-ring (bicyclic) bond motifs is 3. The molecule has 3 aliphatic rings. The lowest BCUT2D eigenvalue weighted by atomic mass is 9.83. The van der Waals surface area contributed by atoms with E-state index >= 15 is 0 Å². The van der Waals surface area contributed by atoms with Crippen molar-refractivity contribution < 1.29 is 22.6 Å². The van der Waals surface area contributed by atoms with Crippen LogP contribution in [0.15, 0.2) is 0 Å². The van der Waals surface area contributed by atoms with Crippen LogP contribution in [0.2, 0.25) is 0 Å². The van der Waals surface area contributed by atoms with E-state index in [1.165, 1.54) is 0 Å². The summed E-state index contributed by atoms with van der Waals surface area (Å²) < 4.78 is 32.4. The zero-order valence-corrected chi connectivity index (χ0v) is 10.9. The summed E-state index contributed by atoms with van der Waals surface area (Å²) in [5.41, 5.74) is 0. The molecule has 0 aromatic carbocycles. The number of aliphatic hydroxyl groups is 1. The first kappa shape index (κ1) is 13.3. The van der Waals surface area contributed by atoms with Gasteiger partial charge in [-0.2, -0.15) is 0 Å². The number of aliphatic hydroxyl groups excluding tert-OH is 1. The van der Waals surface area contributed by atoms with Crippen molar-refractivity contribution in [1.82, 2.24) is 0 Å². The minimum atomic E-state index is -4.06. The minimum Gasteiger partial charge on any atom is -0.748 e. The zero-order valence-electron chi connectivity index (χ0n) is 10.0. The standard InChI is InChI=1S/C11H21NO4S/c13-11-9-12(6-3-10(11)4-7-12)5-1-2-8-17(14,15)16/h10-11,13H,1-9H2. The fourth-order valence-corrected chi connectivity index (χ4v) is 3.85. The van der Waals surface area contributed by atoms with Gasteiger partial charge in [0.1, 0.15) is 12.6 Å². The van der Waals surface area contributed by atoms with Gasteiger partial charge in [0.25, 0.3) is 0 Å². The number of quaternary nitrogens is 1. The van der Waals surface area contributed by atoms with E-state index in [2.05, 4.69) is 0 Å². The Bertz CT molecular complexity index is 360. The van der Waals surface area contributed by atoms with Crippen molar-refractivity contribution in [3.8, 4) is 0 Å². The van der Waals surface area contributed by atoms with E-state index in [1.807, 2.05) is 0 Å². The number of unbranched alkanes of at least 4 members (excludes halogenated alkanes) is 1. The van der Waals surface area contributed by atoms with Gasteiger partial charge >= 0.3 is 0 Å². The third-order valence-electron chi connectivity index (χ3n) is 4.34. The maximum absolute atomic E-state index is 10.5. The lowest BCUT2D eigenvalue weighted by molar-refractivity contribution is -0.946. The minimum absolute atomic E-state index is 0.180. The van der Waals surface area contributed by atoms with Crippen LogP contribution in [0.4, 0.5) is 0 Å². The molecule has 0 saturated carbocycles. The Balaban J connectivity index is 1.78. The van der Waals surface area contributed by atoms with Crippen LogP contribution in [-0.4, -0.2) is 60.6 Å². The van der Waals surface area contributed by atoms with Crippen LogP contribution < -0.4 is 0 Å². The summed E-state index contributed by atoms with van der Waals surface area (Å²) in [5, 5.41) is 9.89. The van der Waals surface area contributed by atoms with Crippen LogP contribution in [0.5, 0.6) is 0 Å². The molecule has 2 bridgehead atoms. The fraction of sp³-hybridized carbons (Fsp3) is 1.00. The highest BCUT2D eigenvalue weighted by Crippen LogP contribution is 2.34. The van der Waals surface area contributed by atoms with Crippen molar-refractivity contribution >= 4 is 10.1 Å². The zero-order chi connectivity index (χ0) is 12.5. The first-order valence-electron chi connectivity index (χ1n) is 6.37. The van der Waals surface area contributed by atoms with Gasteiger partial charge in [-0.15, -0.1) is 0 Å². The Morgan fingerprint density at radius 3 is 2.41 bits per heavy atom. The molecule has 3 rings (SSSR count). The van der Waals surface area contributed by atoms with Gasteiger partial charge in [0, 0.05) is 24.5 Å². The molecule has 0 aromatic rings. The van der Waals surface area contributed by atoms with Crippen molar-refractivity contribution in [2.75, 3.05) is 31.9 Å². The number of nitrogens with zero attached hydrogens (tertiary/aromatic N) is 1. The molecule has 1 atom stereocenters. The highest BCUT2D eigenvalue weighted by Gasteiger charge is 2.44. The van der Waals surface area contributed by atoms with Crippen LogP contribution in [-0.2, 0) is 10.1 Å². The topological polar surface area (TPSA) is 77.4 Å². The molecule has 1 unspecified atom stereocenters. The van der Waals surface area contributed by atoms with Gasteiger partial charge in [-0.1, -0.05) is 0 Å². The Labute approximate surface area is 103 Å². The number of hydrogen-bond donors (Lipinski definition) is 1. The van der Waals surface area contributed by atoms with Gasteiger partial charge in [0.2, 0.25) is 0 Å². The lowest BCUT2D eigenvalue weighted by Crippen LogP contribution is -2.63. The first-order chi connectivity index (χ1) is 7.90. The predicted octanol–water partition coefficient (Wildman–Crippen LogP) is -0.0869. The molecule has 0 spiro atoms. The number of piperidine rings is 3. The quantitative estimate of drug-likeness (QED) is 0.427. The van der Waals surface area contributed by atoms with Crippen molar-refractivity contribution in [1.29, 1.82) is 0 Å². The molecule has 3 fully saturated rings. The molecule has 0 aliphatic carbocycles. The SMILES string of the molecule is O=S(=O)([O-])CCCC[N+]12CCC(CC1)C(O)C2. The maximum Gasteiger partial charge on any atom is 0.106 e. The van der Waals surface area contributed by atoms with Crippen molar-refractivity contribution in [3.05, 3.63) is 0 Å². The molecule has 6 heteroatoms. The second-order valence-corrected chi connectivity index (χ2v) is 7.09. The van der Waals surface area contributed by atoms with E-state index in [0.29, 0.717) is 12.3 Å².